The zero-order valence-electron chi connectivity index (χ0n) is 17.8. The fourth-order valence-electron chi connectivity index (χ4n) is 3.59. The third-order valence-corrected chi connectivity index (χ3v) is 5.13. The van der Waals surface area contributed by atoms with Gasteiger partial charge in [-0.25, -0.2) is 4.98 Å². The van der Waals surface area contributed by atoms with Gasteiger partial charge in [0.1, 0.15) is 5.82 Å². The lowest BCUT2D eigenvalue weighted by atomic mass is 10.1. The topological polar surface area (TPSA) is 72.7 Å². The van der Waals surface area contributed by atoms with Crippen LogP contribution < -0.4 is 10.6 Å². The molecule has 1 aliphatic rings. The summed E-state index contributed by atoms with van der Waals surface area (Å²) in [5, 5.41) is 6.71. The van der Waals surface area contributed by atoms with Gasteiger partial charge < -0.3 is 24.7 Å². The summed E-state index contributed by atoms with van der Waals surface area (Å²) in [6, 6.07) is 8.30. The van der Waals surface area contributed by atoms with Gasteiger partial charge in [-0.2, -0.15) is 0 Å². The molecule has 3 rings (SSSR count). The molecule has 0 bridgehead atoms. The third kappa shape index (κ3) is 6.72. The second-order valence-electron chi connectivity index (χ2n) is 7.50. The van der Waals surface area contributed by atoms with Crippen LogP contribution in [0.2, 0.25) is 0 Å². The summed E-state index contributed by atoms with van der Waals surface area (Å²) in [5.41, 5.74) is 2.26. The minimum absolute atomic E-state index is 0.582. The van der Waals surface area contributed by atoms with E-state index in [9.17, 15) is 0 Å². The molecule has 2 aromatic rings. The van der Waals surface area contributed by atoms with Crippen molar-refractivity contribution in [3.05, 3.63) is 30.1 Å². The van der Waals surface area contributed by atoms with Crippen LogP contribution in [-0.4, -0.2) is 61.6 Å². The van der Waals surface area contributed by atoms with Crippen molar-refractivity contribution in [2.45, 2.75) is 39.7 Å². The van der Waals surface area contributed by atoms with Gasteiger partial charge in [0, 0.05) is 45.3 Å². The molecule has 1 saturated heterocycles. The highest BCUT2D eigenvalue weighted by molar-refractivity contribution is 5.79. The molecular weight excluding hydrogens is 366 g/mol. The van der Waals surface area contributed by atoms with E-state index in [0.717, 1.165) is 89.2 Å². The first-order valence-electron chi connectivity index (χ1n) is 10.9. The molecule has 0 spiro atoms. The number of benzene rings is 1. The molecule has 160 valence electrons. The van der Waals surface area contributed by atoms with E-state index in [-0.39, 0.29) is 0 Å². The van der Waals surface area contributed by atoms with E-state index in [1.807, 2.05) is 6.07 Å². The Balaban J connectivity index is 1.35. The monoisotopic (exact) mass is 401 g/mol. The Morgan fingerprint density at radius 2 is 2.21 bits per heavy atom. The normalized spacial score (nSPS) is 17.2. The maximum absolute atomic E-state index is 5.76. The van der Waals surface area contributed by atoms with Crippen LogP contribution in [-0.2, 0) is 16.0 Å². The van der Waals surface area contributed by atoms with Crippen LogP contribution in [0.4, 0.5) is 0 Å². The maximum atomic E-state index is 5.76. The van der Waals surface area contributed by atoms with Gasteiger partial charge in [0.25, 0.3) is 0 Å². The predicted molar refractivity (Wildman–Crippen MR) is 117 cm³/mol. The van der Waals surface area contributed by atoms with Crippen LogP contribution >= 0.6 is 0 Å². The summed E-state index contributed by atoms with van der Waals surface area (Å²) in [7, 11) is 0. The van der Waals surface area contributed by atoms with E-state index in [4.69, 9.17) is 14.5 Å². The van der Waals surface area contributed by atoms with Gasteiger partial charge in [-0.3, -0.25) is 4.99 Å². The number of aryl methyl sites for hydroxylation is 2. The van der Waals surface area contributed by atoms with E-state index in [1.165, 1.54) is 5.52 Å². The first-order valence-corrected chi connectivity index (χ1v) is 10.9. The highest BCUT2D eigenvalue weighted by Crippen LogP contribution is 2.15. The van der Waals surface area contributed by atoms with Crippen molar-refractivity contribution in [3.63, 3.8) is 0 Å². The highest BCUT2D eigenvalue weighted by atomic mass is 16.5. The van der Waals surface area contributed by atoms with Gasteiger partial charge in [0.2, 0.25) is 0 Å². The first kappa shape index (κ1) is 21.6. The number of guanidine groups is 1. The van der Waals surface area contributed by atoms with Crippen molar-refractivity contribution >= 4 is 17.0 Å². The van der Waals surface area contributed by atoms with Crippen LogP contribution in [0.15, 0.2) is 29.3 Å². The predicted octanol–water partition coefficient (Wildman–Crippen LogP) is 2.73. The van der Waals surface area contributed by atoms with E-state index in [2.05, 4.69) is 52.2 Å². The van der Waals surface area contributed by atoms with Gasteiger partial charge in [-0.1, -0.05) is 12.1 Å². The molecular formula is C22H35N5O2. The van der Waals surface area contributed by atoms with Gasteiger partial charge in [-0.05, 0) is 45.2 Å². The molecule has 0 aliphatic carbocycles. The molecule has 1 aliphatic heterocycles. The summed E-state index contributed by atoms with van der Waals surface area (Å²) >= 11 is 0. The molecule has 1 unspecified atom stereocenters. The number of imidazole rings is 1. The lowest BCUT2D eigenvalue weighted by molar-refractivity contribution is 0.0888. The van der Waals surface area contributed by atoms with Crippen molar-refractivity contribution in [1.29, 1.82) is 0 Å². The molecule has 2 heterocycles. The van der Waals surface area contributed by atoms with E-state index in [0.29, 0.717) is 5.92 Å². The van der Waals surface area contributed by atoms with Crippen LogP contribution in [0.5, 0.6) is 0 Å². The molecule has 1 aromatic heterocycles. The third-order valence-electron chi connectivity index (χ3n) is 5.13. The molecule has 1 atom stereocenters. The van der Waals surface area contributed by atoms with Crippen LogP contribution in [0, 0.1) is 12.8 Å². The fourth-order valence-corrected chi connectivity index (χ4v) is 3.59. The molecule has 1 aromatic carbocycles. The van der Waals surface area contributed by atoms with Crippen molar-refractivity contribution in [2.24, 2.45) is 10.9 Å². The summed E-state index contributed by atoms with van der Waals surface area (Å²) < 4.78 is 13.4. The Kier molecular flexibility index (Phi) is 8.77. The lowest BCUT2D eigenvalue weighted by Crippen LogP contribution is -2.38. The molecule has 2 N–H and O–H groups in total. The summed E-state index contributed by atoms with van der Waals surface area (Å²) in [5.74, 6) is 2.52. The van der Waals surface area contributed by atoms with E-state index < -0.39 is 0 Å². The number of aliphatic imine (C=N–C) groups is 1. The zero-order valence-corrected chi connectivity index (χ0v) is 17.8. The first-order chi connectivity index (χ1) is 14.3. The number of ether oxygens (including phenoxy) is 2. The average Bonchev–Trinajstić information content (AvgIpc) is 3.35. The Hall–Kier alpha value is -2.12. The van der Waals surface area contributed by atoms with Crippen molar-refractivity contribution in [3.8, 4) is 0 Å². The van der Waals surface area contributed by atoms with Crippen molar-refractivity contribution < 1.29 is 9.47 Å². The molecule has 0 amide bonds. The minimum Gasteiger partial charge on any atom is -0.381 e. The van der Waals surface area contributed by atoms with E-state index >= 15 is 0 Å². The Bertz CT molecular complexity index is 768. The van der Waals surface area contributed by atoms with Gasteiger partial charge in [-0.15, -0.1) is 0 Å². The smallest absolute Gasteiger partial charge is 0.191 e. The minimum atomic E-state index is 0.582. The highest BCUT2D eigenvalue weighted by Gasteiger charge is 2.15. The van der Waals surface area contributed by atoms with Gasteiger partial charge in [0.15, 0.2) is 5.96 Å². The summed E-state index contributed by atoms with van der Waals surface area (Å²) in [4.78, 5) is 9.34. The van der Waals surface area contributed by atoms with Crippen LogP contribution in [0.3, 0.4) is 0 Å². The largest absolute Gasteiger partial charge is 0.381 e. The molecule has 7 nitrogen and oxygen atoms in total. The zero-order chi connectivity index (χ0) is 20.3. The second-order valence-corrected chi connectivity index (χ2v) is 7.50. The van der Waals surface area contributed by atoms with Crippen LogP contribution in [0.1, 0.15) is 32.0 Å². The Labute approximate surface area is 173 Å². The number of rotatable bonds is 11. The summed E-state index contributed by atoms with van der Waals surface area (Å²) in [6.45, 7) is 10.9. The molecule has 29 heavy (non-hydrogen) atoms. The van der Waals surface area contributed by atoms with Crippen LogP contribution in [0.25, 0.3) is 11.0 Å². The fraction of sp³-hybridized carbons (Fsp3) is 0.636. The van der Waals surface area contributed by atoms with Gasteiger partial charge >= 0.3 is 0 Å². The number of aromatic nitrogens is 2. The maximum Gasteiger partial charge on any atom is 0.191 e. The number of nitrogens with one attached hydrogen (secondary N) is 2. The Morgan fingerprint density at radius 3 is 3.03 bits per heavy atom. The van der Waals surface area contributed by atoms with Crippen molar-refractivity contribution in [2.75, 3.05) is 46.1 Å². The lowest BCUT2D eigenvalue weighted by Gasteiger charge is -2.12. The number of nitrogens with zero attached hydrogens (tertiary/aromatic N) is 3. The number of hydrogen-bond acceptors (Lipinski definition) is 4. The number of para-hydroxylation sites is 2. The van der Waals surface area contributed by atoms with E-state index in [1.54, 1.807) is 0 Å². The molecule has 7 heteroatoms. The average molecular weight is 402 g/mol. The van der Waals surface area contributed by atoms with Crippen molar-refractivity contribution in [1.82, 2.24) is 20.2 Å². The Morgan fingerprint density at radius 1 is 1.31 bits per heavy atom. The van der Waals surface area contributed by atoms with Gasteiger partial charge in [0.05, 0.1) is 24.2 Å². The molecule has 1 fully saturated rings. The quantitative estimate of drug-likeness (QED) is 0.344. The molecule has 0 saturated carbocycles. The SMILES string of the molecule is CCNC(=NCCCn1c(C)nc2ccccc21)NCCCOCC1CCOC1. The molecule has 0 radical (unpaired) electrons. The number of hydrogen-bond donors (Lipinski definition) is 2. The second kappa shape index (κ2) is 11.8. The summed E-state index contributed by atoms with van der Waals surface area (Å²) in [6.07, 6.45) is 3.08. The number of fused-ring (bicyclic) bond motifs is 1. The standard InChI is InChI=1S/C22H35N5O2/c1-3-23-22(25-12-7-14-28-16-19-10-15-29-17-19)24-11-6-13-27-18(2)26-20-8-4-5-9-21(20)27/h4-5,8-9,19H,3,6-7,10-17H2,1-2H3,(H2,23,24,25).